The van der Waals surface area contributed by atoms with Crippen LogP contribution in [0.25, 0.3) is 0 Å². The predicted octanol–water partition coefficient (Wildman–Crippen LogP) is 1.14. The summed E-state index contributed by atoms with van der Waals surface area (Å²) in [5.41, 5.74) is 6.37. The van der Waals surface area contributed by atoms with Gasteiger partial charge in [0.2, 0.25) is 0 Å². The van der Waals surface area contributed by atoms with Crippen LogP contribution < -0.4 is 5.73 Å². The van der Waals surface area contributed by atoms with Crippen LogP contribution in [0.2, 0.25) is 0 Å². The third-order valence-electron chi connectivity index (χ3n) is 5.29. The van der Waals surface area contributed by atoms with Crippen LogP contribution in [0.4, 0.5) is 0 Å². The molecule has 0 aromatic carbocycles. The molecule has 4 nitrogen and oxygen atoms in total. The second kappa shape index (κ2) is 5.08. The number of rotatable bonds is 3. The zero-order valence-electron chi connectivity index (χ0n) is 11.4. The lowest BCUT2D eigenvalue weighted by Crippen LogP contribution is -2.61. The third kappa shape index (κ3) is 2.20. The Balaban J connectivity index is 1.68. The second-order valence-electron chi connectivity index (χ2n) is 6.23. The molecular formula is C14H26N2O2. The quantitative estimate of drug-likeness (QED) is 0.820. The highest BCUT2D eigenvalue weighted by Crippen LogP contribution is 2.38. The number of fused-ring (bicyclic) bond motifs is 2. The SMILES string of the molecule is COC1CCC(CN)(N2CC3CCC(C2)O3)CC1. The number of likely N-dealkylation sites (tertiary alicyclic amines) is 1. The van der Waals surface area contributed by atoms with Crippen molar-refractivity contribution in [2.24, 2.45) is 5.73 Å². The fourth-order valence-corrected chi connectivity index (χ4v) is 4.02. The zero-order chi connectivity index (χ0) is 12.6. The molecule has 4 heteroatoms. The number of methoxy groups -OCH3 is 1. The summed E-state index contributed by atoms with van der Waals surface area (Å²) in [6.07, 6.45) is 8.52. The number of nitrogens with zero attached hydrogens (tertiary/aromatic N) is 1. The third-order valence-corrected chi connectivity index (χ3v) is 5.29. The van der Waals surface area contributed by atoms with Crippen LogP contribution in [-0.4, -0.2) is 55.5 Å². The van der Waals surface area contributed by atoms with Crippen LogP contribution in [-0.2, 0) is 9.47 Å². The first-order valence-electron chi connectivity index (χ1n) is 7.39. The van der Waals surface area contributed by atoms with Crippen molar-refractivity contribution < 1.29 is 9.47 Å². The molecule has 3 aliphatic rings. The number of nitrogens with two attached hydrogens (primary N) is 1. The highest BCUT2D eigenvalue weighted by Gasteiger charge is 2.45. The smallest absolute Gasteiger partial charge is 0.0707 e. The number of morpholine rings is 1. The number of ether oxygens (including phenoxy) is 2. The average Bonchev–Trinajstić information content (AvgIpc) is 2.77. The molecule has 3 fully saturated rings. The lowest BCUT2D eigenvalue weighted by molar-refractivity contribution is -0.0947. The van der Waals surface area contributed by atoms with Gasteiger partial charge in [-0.1, -0.05) is 0 Å². The molecule has 104 valence electrons. The van der Waals surface area contributed by atoms with Gasteiger partial charge in [-0.2, -0.15) is 0 Å². The van der Waals surface area contributed by atoms with Gasteiger partial charge in [-0.15, -0.1) is 0 Å². The summed E-state index contributed by atoms with van der Waals surface area (Å²) in [5, 5.41) is 0. The van der Waals surface area contributed by atoms with Gasteiger partial charge in [-0.3, -0.25) is 4.90 Å². The van der Waals surface area contributed by atoms with E-state index in [2.05, 4.69) is 4.90 Å². The largest absolute Gasteiger partial charge is 0.381 e. The van der Waals surface area contributed by atoms with Gasteiger partial charge >= 0.3 is 0 Å². The van der Waals surface area contributed by atoms with E-state index < -0.39 is 0 Å². The first-order chi connectivity index (χ1) is 8.75. The molecule has 2 atom stereocenters. The molecule has 2 aliphatic heterocycles. The van der Waals surface area contributed by atoms with Crippen LogP contribution in [0.3, 0.4) is 0 Å². The maximum Gasteiger partial charge on any atom is 0.0707 e. The van der Waals surface area contributed by atoms with Gasteiger partial charge < -0.3 is 15.2 Å². The van der Waals surface area contributed by atoms with Gasteiger partial charge in [-0.25, -0.2) is 0 Å². The van der Waals surface area contributed by atoms with Crippen LogP contribution in [0, 0.1) is 0 Å². The second-order valence-corrected chi connectivity index (χ2v) is 6.23. The molecule has 0 aromatic heterocycles. The van der Waals surface area contributed by atoms with E-state index in [4.69, 9.17) is 15.2 Å². The number of hydrogen-bond donors (Lipinski definition) is 1. The van der Waals surface area contributed by atoms with Crippen molar-refractivity contribution in [3.05, 3.63) is 0 Å². The summed E-state index contributed by atoms with van der Waals surface area (Å²) < 4.78 is 11.4. The van der Waals surface area contributed by atoms with Crippen LogP contribution in [0.1, 0.15) is 38.5 Å². The summed E-state index contributed by atoms with van der Waals surface area (Å²) in [6, 6.07) is 0. The Morgan fingerprint density at radius 3 is 2.28 bits per heavy atom. The fourth-order valence-electron chi connectivity index (χ4n) is 4.02. The van der Waals surface area contributed by atoms with Gasteiger partial charge in [0, 0.05) is 32.3 Å². The monoisotopic (exact) mass is 254 g/mol. The first kappa shape index (κ1) is 12.9. The summed E-state index contributed by atoms with van der Waals surface area (Å²) >= 11 is 0. The van der Waals surface area contributed by atoms with E-state index in [1.54, 1.807) is 0 Å². The van der Waals surface area contributed by atoms with Gasteiger partial charge in [0.1, 0.15) is 0 Å². The van der Waals surface area contributed by atoms with E-state index in [1.165, 1.54) is 25.7 Å². The Bertz CT molecular complexity index is 278. The first-order valence-corrected chi connectivity index (χ1v) is 7.39. The van der Waals surface area contributed by atoms with Crippen molar-refractivity contribution >= 4 is 0 Å². The highest BCUT2D eigenvalue weighted by molar-refractivity contribution is 5.00. The van der Waals surface area contributed by atoms with Gasteiger partial charge in [0.15, 0.2) is 0 Å². The number of hydrogen-bond acceptors (Lipinski definition) is 4. The van der Waals surface area contributed by atoms with Crippen LogP contribution in [0.15, 0.2) is 0 Å². The van der Waals surface area contributed by atoms with Crippen molar-refractivity contribution in [1.82, 2.24) is 4.90 Å². The van der Waals surface area contributed by atoms with E-state index in [0.717, 1.165) is 32.5 Å². The van der Waals surface area contributed by atoms with Crippen molar-refractivity contribution in [1.29, 1.82) is 0 Å². The Labute approximate surface area is 110 Å². The maximum atomic E-state index is 6.14. The minimum atomic E-state index is 0.222. The molecule has 1 aliphatic carbocycles. The van der Waals surface area contributed by atoms with E-state index in [9.17, 15) is 0 Å². The molecule has 2 unspecified atom stereocenters. The highest BCUT2D eigenvalue weighted by atomic mass is 16.5. The van der Waals surface area contributed by atoms with E-state index in [-0.39, 0.29) is 5.54 Å². The lowest BCUT2D eigenvalue weighted by atomic mass is 9.78. The molecule has 2 saturated heterocycles. The van der Waals surface area contributed by atoms with Gasteiger partial charge in [0.05, 0.1) is 18.3 Å². The molecule has 0 aromatic rings. The molecule has 18 heavy (non-hydrogen) atoms. The van der Waals surface area contributed by atoms with Gasteiger partial charge in [0.25, 0.3) is 0 Å². The van der Waals surface area contributed by atoms with Crippen molar-refractivity contribution in [3.63, 3.8) is 0 Å². The summed E-state index contributed by atoms with van der Waals surface area (Å²) in [6.45, 7) is 2.96. The zero-order valence-corrected chi connectivity index (χ0v) is 11.4. The van der Waals surface area contributed by atoms with E-state index >= 15 is 0 Å². The van der Waals surface area contributed by atoms with Crippen molar-refractivity contribution in [2.45, 2.75) is 62.4 Å². The summed E-state index contributed by atoms with van der Waals surface area (Å²) in [5.74, 6) is 0. The minimum absolute atomic E-state index is 0.222. The summed E-state index contributed by atoms with van der Waals surface area (Å²) in [7, 11) is 1.83. The van der Waals surface area contributed by atoms with Gasteiger partial charge in [-0.05, 0) is 38.5 Å². The molecular weight excluding hydrogens is 228 g/mol. The lowest BCUT2D eigenvalue weighted by Gasteiger charge is -2.50. The molecule has 2 heterocycles. The average molecular weight is 254 g/mol. The summed E-state index contributed by atoms with van der Waals surface area (Å²) in [4.78, 5) is 2.64. The Hall–Kier alpha value is -0.160. The van der Waals surface area contributed by atoms with Crippen LogP contribution in [0.5, 0.6) is 0 Å². The molecule has 2 N–H and O–H groups in total. The normalized spacial score (nSPS) is 45.3. The predicted molar refractivity (Wildman–Crippen MR) is 70.5 cm³/mol. The van der Waals surface area contributed by atoms with Crippen LogP contribution >= 0.6 is 0 Å². The molecule has 3 rings (SSSR count). The Morgan fingerprint density at radius 1 is 1.17 bits per heavy atom. The molecule has 0 radical (unpaired) electrons. The molecule has 2 bridgehead atoms. The molecule has 0 spiro atoms. The maximum absolute atomic E-state index is 6.14. The Morgan fingerprint density at radius 2 is 1.78 bits per heavy atom. The standard InChI is InChI=1S/C14H26N2O2/c1-17-11-4-6-14(10-15,7-5-11)16-8-12-2-3-13(9-16)18-12/h11-13H,2-10,15H2,1H3. The Kier molecular flexibility index (Phi) is 3.63. The van der Waals surface area contributed by atoms with E-state index in [1.807, 2.05) is 7.11 Å². The fraction of sp³-hybridized carbons (Fsp3) is 1.00. The molecule has 0 amide bonds. The topological polar surface area (TPSA) is 47.7 Å². The van der Waals surface area contributed by atoms with Crippen molar-refractivity contribution in [3.8, 4) is 0 Å². The van der Waals surface area contributed by atoms with E-state index in [0.29, 0.717) is 18.3 Å². The molecule has 1 saturated carbocycles. The minimum Gasteiger partial charge on any atom is -0.381 e. The van der Waals surface area contributed by atoms with Crippen molar-refractivity contribution in [2.75, 3.05) is 26.7 Å².